The molecule has 2 fully saturated rings. The average molecular weight is 377 g/mol. The summed E-state index contributed by atoms with van der Waals surface area (Å²) in [5, 5.41) is 3.79. The number of sulfonamides is 2. The zero-order valence-corrected chi connectivity index (χ0v) is 15.6. The van der Waals surface area contributed by atoms with Crippen LogP contribution in [0.4, 0.5) is 0 Å². The molecule has 24 heavy (non-hydrogen) atoms. The molecule has 0 spiro atoms. The van der Waals surface area contributed by atoms with Gasteiger partial charge in [0.05, 0.1) is 11.4 Å². The maximum Gasteiger partial charge on any atom is 0.243 e. The normalized spacial score (nSPS) is 23.7. The lowest BCUT2D eigenvalue weighted by Crippen LogP contribution is -2.50. The van der Waals surface area contributed by atoms with Gasteiger partial charge in [-0.3, -0.25) is 4.68 Å². The van der Waals surface area contributed by atoms with Crippen LogP contribution in [0.1, 0.15) is 45.6 Å². The van der Waals surface area contributed by atoms with Crippen molar-refractivity contribution < 1.29 is 16.8 Å². The number of piperidine rings is 1. The topological polar surface area (TPSA) is 101 Å². The van der Waals surface area contributed by atoms with Crippen molar-refractivity contribution in [2.45, 2.75) is 61.8 Å². The number of rotatable bonds is 6. The maximum absolute atomic E-state index is 12.5. The van der Waals surface area contributed by atoms with Gasteiger partial charge in [0, 0.05) is 31.4 Å². The molecule has 1 aromatic heterocycles. The lowest BCUT2D eigenvalue weighted by molar-refractivity contribution is 0.303. The molecule has 1 saturated carbocycles. The summed E-state index contributed by atoms with van der Waals surface area (Å²) in [6.45, 7) is 4.51. The molecule has 1 aliphatic carbocycles. The van der Waals surface area contributed by atoms with Gasteiger partial charge in [-0.25, -0.2) is 25.9 Å². The van der Waals surface area contributed by atoms with Crippen molar-refractivity contribution >= 4 is 20.0 Å². The highest BCUT2D eigenvalue weighted by Gasteiger charge is 2.42. The summed E-state index contributed by atoms with van der Waals surface area (Å²) < 4.78 is 55.4. The summed E-state index contributed by atoms with van der Waals surface area (Å²) in [4.78, 5) is 0.110. The third-order valence-electron chi connectivity index (χ3n) is 4.43. The molecule has 136 valence electrons. The summed E-state index contributed by atoms with van der Waals surface area (Å²) in [5.74, 6) is 0. The zero-order valence-electron chi connectivity index (χ0n) is 13.9. The van der Waals surface area contributed by atoms with Crippen LogP contribution in [-0.4, -0.2) is 55.3 Å². The van der Waals surface area contributed by atoms with Gasteiger partial charge in [0.2, 0.25) is 20.0 Å². The first-order chi connectivity index (χ1) is 11.2. The van der Waals surface area contributed by atoms with Crippen LogP contribution in [0.3, 0.4) is 0 Å². The molecule has 0 bridgehead atoms. The van der Waals surface area contributed by atoms with Crippen molar-refractivity contribution in [3.05, 3.63) is 12.4 Å². The minimum atomic E-state index is -3.70. The third kappa shape index (κ3) is 3.66. The second-order valence-corrected chi connectivity index (χ2v) is 10.7. The molecule has 1 saturated heterocycles. The predicted molar refractivity (Wildman–Crippen MR) is 89.5 cm³/mol. The van der Waals surface area contributed by atoms with Crippen LogP contribution in [0, 0.1) is 0 Å². The van der Waals surface area contributed by atoms with E-state index >= 15 is 0 Å². The van der Waals surface area contributed by atoms with Gasteiger partial charge < -0.3 is 0 Å². The molecule has 1 N–H and O–H groups in total. The number of nitrogens with zero attached hydrogens (tertiary/aromatic N) is 3. The van der Waals surface area contributed by atoms with E-state index in [-0.39, 0.29) is 22.7 Å². The van der Waals surface area contributed by atoms with E-state index in [2.05, 4.69) is 9.82 Å². The lowest BCUT2D eigenvalue weighted by atomic mass is 10.1. The Morgan fingerprint density at radius 2 is 1.92 bits per heavy atom. The molecular weight excluding hydrogens is 352 g/mol. The Labute approximate surface area is 143 Å². The summed E-state index contributed by atoms with van der Waals surface area (Å²) in [7, 11) is -6.97. The first kappa shape index (κ1) is 17.8. The van der Waals surface area contributed by atoms with E-state index in [0.717, 1.165) is 0 Å². The largest absolute Gasteiger partial charge is 0.269 e. The molecule has 1 atom stereocenters. The van der Waals surface area contributed by atoms with Crippen molar-refractivity contribution in [2.24, 2.45) is 0 Å². The van der Waals surface area contributed by atoms with Crippen LogP contribution in [-0.2, 0) is 20.0 Å². The predicted octanol–water partition coefficient (Wildman–Crippen LogP) is 0.699. The van der Waals surface area contributed by atoms with Gasteiger partial charge in [0.15, 0.2) is 0 Å². The highest BCUT2D eigenvalue weighted by Crippen LogP contribution is 2.32. The van der Waals surface area contributed by atoms with Crippen LogP contribution in [0.15, 0.2) is 17.3 Å². The average Bonchev–Trinajstić information content (AvgIpc) is 3.24. The van der Waals surface area contributed by atoms with Crippen molar-refractivity contribution in [3.8, 4) is 0 Å². The van der Waals surface area contributed by atoms with Crippen LogP contribution in [0.5, 0.6) is 0 Å². The number of hydrogen-bond acceptors (Lipinski definition) is 5. The van der Waals surface area contributed by atoms with E-state index in [0.29, 0.717) is 32.2 Å². The van der Waals surface area contributed by atoms with E-state index in [1.54, 1.807) is 4.68 Å². The zero-order chi connectivity index (χ0) is 17.5. The van der Waals surface area contributed by atoms with Crippen LogP contribution >= 0.6 is 0 Å². The van der Waals surface area contributed by atoms with Gasteiger partial charge in [-0.1, -0.05) is 0 Å². The van der Waals surface area contributed by atoms with E-state index < -0.39 is 26.1 Å². The highest BCUT2D eigenvalue weighted by atomic mass is 32.2. The summed E-state index contributed by atoms with van der Waals surface area (Å²) >= 11 is 0. The minimum Gasteiger partial charge on any atom is -0.269 e. The molecule has 8 nitrogen and oxygen atoms in total. The van der Waals surface area contributed by atoms with Gasteiger partial charge in [-0.05, 0) is 39.5 Å². The quantitative estimate of drug-likeness (QED) is 0.787. The third-order valence-corrected chi connectivity index (χ3v) is 8.27. The summed E-state index contributed by atoms with van der Waals surface area (Å²) in [6.07, 6.45) is 5.53. The Balaban J connectivity index is 1.70. The maximum atomic E-state index is 12.5. The van der Waals surface area contributed by atoms with Gasteiger partial charge in [-0.15, -0.1) is 0 Å². The highest BCUT2D eigenvalue weighted by molar-refractivity contribution is 7.90. The molecule has 3 rings (SSSR count). The number of aromatic nitrogens is 2. The molecule has 0 aromatic carbocycles. The molecule has 1 aliphatic heterocycles. The van der Waals surface area contributed by atoms with Crippen molar-refractivity contribution in [1.82, 2.24) is 18.8 Å². The van der Waals surface area contributed by atoms with Crippen LogP contribution in [0.2, 0.25) is 0 Å². The second-order valence-electron chi connectivity index (χ2n) is 6.81. The molecule has 10 heteroatoms. The Kier molecular flexibility index (Phi) is 4.75. The van der Waals surface area contributed by atoms with Gasteiger partial charge in [0.1, 0.15) is 4.90 Å². The minimum absolute atomic E-state index is 0.0720. The summed E-state index contributed by atoms with van der Waals surface area (Å²) in [5.41, 5.74) is 0. The molecule has 0 unspecified atom stereocenters. The Bertz CT molecular complexity index is 796. The van der Waals surface area contributed by atoms with E-state index in [1.807, 2.05) is 13.8 Å². The first-order valence-electron chi connectivity index (χ1n) is 8.25. The lowest BCUT2D eigenvalue weighted by Gasteiger charge is -2.32. The molecule has 0 amide bonds. The van der Waals surface area contributed by atoms with Gasteiger partial charge >= 0.3 is 0 Å². The number of nitrogens with one attached hydrogen (secondary N) is 1. The van der Waals surface area contributed by atoms with Crippen LogP contribution < -0.4 is 4.72 Å². The molecule has 2 aliphatic rings. The van der Waals surface area contributed by atoms with Crippen molar-refractivity contribution in [3.63, 3.8) is 0 Å². The van der Waals surface area contributed by atoms with Crippen molar-refractivity contribution in [2.75, 3.05) is 13.1 Å². The SMILES string of the molecule is CC(C)n1cc(S(=O)(=O)N[C@@H]2CCCN(S(=O)(=O)C3CC3)C2)cn1. The molecule has 0 radical (unpaired) electrons. The molecule has 2 heterocycles. The van der Waals surface area contributed by atoms with Gasteiger partial charge in [0.25, 0.3) is 0 Å². The van der Waals surface area contributed by atoms with E-state index in [9.17, 15) is 16.8 Å². The fourth-order valence-electron chi connectivity index (χ4n) is 2.88. The standard InChI is InChI=1S/C14H24N4O4S2/c1-11(2)18-10-14(8-15-18)23(19,20)16-12-4-3-7-17(9-12)24(21,22)13-5-6-13/h8,10-13,16H,3-7,9H2,1-2H3/t12-/m1/s1. The Morgan fingerprint density at radius 3 is 2.50 bits per heavy atom. The smallest absolute Gasteiger partial charge is 0.243 e. The number of hydrogen-bond donors (Lipinski definition) is 1. The second kappa shape index (κ2) is 6.40. The van der Waals surface area contributed by atoms with Gasteiger partial charge in [-0.2, -0.15) is 5.10 Å². The first-order valence-corrected chi connectivity index (χ1v) is 11.2. The fourth-order valence-corrected chi connectivity index (χ4v) is 6.00. The van der Waals surface area contributed by atoms with Crippen LogP contribution in [0.25, 0.3) is 0 Å². The molecular formula is C14H24N4O4S2. The fraction of sp³-hybridized carbons (Fsp3) is 0.786. The van der Waals surface area contributed by atoms with E-state index in [1.165, 1.54) is 16.7 Å². The summed E-state index contributed by atoms with van der Waals surface area (Å²) in [6, 6.07) is -0.331. The monoisotopic (exact) mass is 376 g/mol. The van der Waals surface area contributed by atoms with E-state index in [4.69, 9.17) is 0 Å². The Morgan fingerprint density at radius 1 is 1.21 bits per heavy atom. The molecule has 1 aromatic rings. The Hall–Kier alpha value is -0.970. The van der Waals surface area contributed by atoms with Crippen molar-refractivity contribution in [1.29, 1.82) is 0 Å².